The van der Waals surface area contributed by atoms with Crippen LogP contribution in [0.2, 0.25) is 0 Å². The van der Waals surface area contributed by atoms with Crippen LogP contribution >= 0.6 is 0 Å². The summed E-state index contributed by atoms with van der Waals surface area (Å²) in [4.78, 5) is 14.4. The molecular weight excluding hydrogens is 300 g/mol. The maximum absolute atomic E-state index is 12.5. The summed E-state index contributed by atoms with van der Waals surface area (Å²) in [6.45, 7) is 5.37. The first-order valence-corrected chi connectivity index (χ1v) is 9.32. The van der Waals surface area contributed by atoms with Gasteiger partial charge in [-0.05, 0) is 49.9 Å². The Bertz CT molecular complexity index is 625. The van der Waals surface area contributed by atoms with Crippen LogP contribution in [0, 0.1) is 5.92 Å². The van der Waals surface area contributed by atoms with Crippen LogP contribution in [0.3, 0.4) is 0 Å². The maximum atomic E-state index is 12.5. The van der Waals surface area contributed by atoms with Gasteiger partial charge in [0, 0.05) is 25.7 Å². The Morgan fingerprint density at radius 3 is 2.50 bits per heavy atom. The SMILES string of the molecule is CCS(=O)(=O)N(C)c1ccc(C(=O)N2CCCC(C)C2)cc1. The summed E-state index contributed by atoms with van der Waals surface area (Å²) in [7, 11) is -1.74. The van der Waals surface area contributed by atoms with E-state index in [1.165, 1.54) is 17.8 Å². The molecule has 1 atom stereocenters. The van der Waals surface area contributed by atoms with Gasteiger partial charge in [-0.3, -0.25) is 9.10 Å². The highest BCUT2D eigenvalue weighted by molar-refractivity contribution is 7.92. The van der Waals surface area contributed by atoms with Crippen LogP contribution in [0.1, 0.15) is 37.0 Å². The summed E-state index contributed by atoms with van der Waals surface area (Å²) < 4.78 is 25.0. The monoisotopic (exact) mass is 324 g/mol. The van der Waals surface area contributed by atoms with Crippen molar-refractivity contribution < 1.29 is 13.2 Å². The van der Waals surface area contributed by atoms with Gasteiger partial charge >= 0.3 is 0 Å². The van der Waals surface area contributed by atoms with Crippen molar-refractivity contribution in [2.45, 2.75) is 26.7 Å². The highest BCUT2D eigenvalue weighted by Gasteiger charge is 2.22. The van der Waals surface area contributed by atoms with Crippen LogP contribution in [0.25, 0.3) is 0 Å². The number of sulfonamides is 1. The third-order valence-electron chi connectivity index (χ3n) is 4.20. The topological polar surface area (TPSA) is 57.7 Å². The van der Waals surface area contributed by atoms with Crippen molar-refractivity contribution in [2.75, 3.05) is 30.2 Å². The molecule has 6 heteroatoms. The van der Waals surface area contributed by atoms with E-state index in [0.29, 0.717) is 17.2 Å². The number of carbonyl (C=O) groups is 1. The Balaban J connectivity index is 2.13. The molecular formula is C16H24N2O3S. The first kappa shape index (κ1) is 16.8. The minimum atomic E-state index is -3.27. The van der Waals surface area contributed by atoms with Gasteiger partial charge in [-0.1, -0.05) is 6.92 Å². The number of benzene rings is 1. The average Bonchev–Trinajstić information content (AvgIpc) is 2.53. The number of nitrogens with zero attached hydrogens (tertiary/aromatic N) is 2. The van der Waals surface area contributed by atoms with E-state index in [-0.39, 0.29) is 11.7 Å². The average molecular weight is 324 g/mol. The number of anilines is 1. The Kier molecular flexibility index (Phi) is 5.11. The number of hydrogen-bond acceptors (Lipinski definition) is 3. The molecule has 1 heterocycles. The lowest BCUT2D eigenvalue weighted by Crippen LogP contribution is -2.39. The molecule has 0 aromatic heterocycles. The molecule has 1 aliphatic rings. The molecule has 1 unspecified atom stereocenters. The second-order valence-electron chi connectivity index (χ2n) is 5.91. The normalized spacial score (nSPS) is 19.0. The minimum absolute atomic E-state index is 0.0269. The van der Waals surface area contributed by atoms with Gasteiger partial charge in [-0.2, -0.15) is 0 Å². The van der Waals surface area contributed by atoms with Crippen molar-refractivity contribution in [3.63, 3.8) is 0 Å². The van der Waals surface area contributed by atoms with E-state index in [4.69, 9.17) is 0 Å². The van der Waals surface area contributed by atoms with Crippen LogP contribution in [-0.2, 0) is 10.0 Å². The molecule has 2 rings (SSSR count). The summed E-state index contributed by atoms with van der Waals surface area (Å²) in [5.74, 6) is 0.618. The largest absolute Gasteiger partial charge is 0.338 e. The Hall–Kier alpha value is -1.56. The number of carbonyl (C=O) groups excluding carboxylic acids is 1. The Morgan fingerprint density at radius 2 is 1.95 bits per heavy atom. The fraction of sp³-hybridized carbons (Fsp3) is 0.562. The highest BCUT2D eigenvalue weighted by Crippen LogP contribution is 2.21. The van der Waals surface area contributed by atoms with Crippen LogP contribution in [0.5, 0.6) is 0 Å². The zero-order chi connectivity index (χ0) is 16.3. The van der Waals surface area contributed by atoms with Crippen molar-refractivity contribution in [1.29, 1.82) is 0 Å². The number of likely N-dealkylation sites (tertiary alicyclic amines) is 1. The first-order chi connectivity index (χ1) is 10.3. The van der Waals surface area contributed by atoms with Gasteiger partial charge in [0.25, 0.3) is 5.91 Å². The van der Waals surface area contributed by atoms with E-state index in [0.717, 1.165) is 19.5 Å². The second-order valence-corrected chi connectivity index (χ2v) is 8.20. The smallest absolute Gasteiger partial charge is 0.253 e. The third-order valence-corrected chi connectivity index (χ3v) is 5.98. The molecule has 0 radical (unpaired) electrons. The number of piperidine rings is 1. The van der Waals surface area contributed by atoms with E-state index >= 15 is 0 Å². The third kappa shape index (κ3) is 3.61. The molecule has 122 valence electrons. The molecule has 1 saturated heterocycles. The van der Waals surface area contributed by atoms with Crippen LogP contribution < -0.4 is 4.31 Å². The predicted molar refractivity (Wildman–Crippen MR) is 88.6 cm³/mol. The number of rotatable bonds is 4. The summed E-state index contributed by atoms with van der Waals surface area (Å²) in [6, 6.07) is 6.79. The van der Waals surface area contributed by atoms with Gasteiger partial charge in [0.05, 0.1) is 11.4 Å². The van der Waals surface area contributed by atoms with E-state index in [9.17, 15) is 13.2 Å². The van der Waals surface area contributed by atoms with Gasteiger partial charge in [0.15, 0.2) is 0 Å². The van der Waals surface area contributed by atoms with Gasteiger partial charge in [0.2, 0.25) is 10.0 Å². The number of hydrogen-bond donors (Lipinski definition) is 0. The van der Waals surface area contributed by atoms with Crippen LogP contribution in [-0.4, -0.2) is 45.1 Å². The van der Waals surface area contributed by atoms with Crippen molar-refractivity contribution >= 4 is 21.6 Å². The van der Waals surface area contributed by atoms with E-state index in [1.54, 1.807) is 31.2 Å². The fourth-order valence-corrected chi connectivity index (χ4v) is 3.55. The molecule has 0 aliphatic carbocycles. The van der Waals surface area contributed by atoms with E-state index in [1.807, 2.05) is 4.90 Å². The molecule has 5 nitrogen and oxygen atoms in total. The van der Waals surface area contributed by atoms with Crippen molar-refractivity contribution in [2.24, 2.45) is 5.92 Å². The van der Waals surface area contributed by atoms with Gasteiger partial charge in [-0.25, -0.2) is 8.42 Å². The maximum Gasteiger partial charge on any atom is 0.253 e. The molecule has 0 saturated carbocycles. The van der Waals surface area contributed by atoms with Gasteiger partial charge in [0.1, 0.15) is 0 Å². The molecule has 1 aromatic rings. The predicted octanol–water partition coefficient (Wildman–Crippen LogP) is 2.34. The fourth-order valence-electron chi connectivity index (χ4n) is 2.72. The second kappa shape index (κ2) is 6.69. The first-order valence-electron chi connectivity index (χ1n) is 7.71. The Morgan fingerprint density at radius 1 is 1.32 bits per heavy atom. The molecule has 22 heavy (non-hydrogen) atoms. The lowest BCUT2D eigenvalue weighted by molar-refractivity contribution is 0.0683. The van der Waals surface area contributed by atoms with Gasteiger partial charge in [-0.15, -0.1) is 0 Å². The number of amides is 1. The summed E-state index contributed by atoms with van der Waals surface area (Å²) in [5, 5.41) is 0. The van der Waals surface area contributed by atoms with Crippen LogP contribution in [0.15, 0.2) is 24.3 Å². The van der Waals surface area contributed by atoms with Crippen molar-refractivity contribution in [3.8, 4) is 0 Å². The molecule has 1 amide bonds. The van der Waals surface area contributed by atoms with Crippen molar-refractivity contribution in [3.05, 3.63) is 29.8 Å². The van der Waals surface area contributed by atoms with Gasteiger partial charge < -0.3 is 4.90 Å². The Labute approximate surface area is 133 Å². The zero-order valence-electron chi connectivity index (χ0n) is 13.4. The molecule has 0 bridgehead atoms. The highest BCUT2D eigenvalue weighted by atomic mass is 32.2. The van der Waals surface area contributed by atoms with Crippen molar-refractivity contribution in [1.82, 2.24) is 4.90 Å². The summed E-state index contributed by atoms with van der Waals surface area (Å²) in [6.07, 6.45) is 2.21. The standard InChI is InChI=1S/C16H24N2O3S/c1-4-22(20,21)17(3)15-9-7-14(8-10-15)16(19)18-11-5-6-13(2)12-18/h7-10,13H,4-6,11-12H2,1-3H3. The molecule has 0 spiro atoms. The quantitative estimate of drug-likeness (QED) is 0.854. The van der Waals surface area contributed by atoms with E-state index < -0.39 is 10.0 Å². The van der Waals surface area contributed by atoms with Crippen LogP contribution in [0.4, 0.5) is 5.69 Å². The minimum Gasteiger partial charge on any atom is -0.338 e. The zero-order valence-corrected chi connectivity index (χ0v) is 14.3. The molecule has 1 fully saturated rings. The molecule has 1 aromatic carbocycles. The summed E-state index contributed by atoms with van der Waals surface area (Å²) >= 11 is 0. The lowest BCUT2D eigenvalue weighted by Gasteiger charge is -2.31. The molecule has 0 N–H and O–H groups in total. The summed E-state index contributed by atoms with van der Waals surface area (Å²) in [5.41, 5.74) is 1.19. The van der Waals surface area contributed by atoms with E-state index in [2.05, 4.69) is 6.92 Å². The lowest BCUT2D eigenvalue weighted by atomic mass is 9.99. The molecule has 1 aliphatic heterocycles.